The summed E-state index contributed by atoms with van der Waals surface area (Å²) < 4.78 is 10.6. The smallest absolute Gasteiger partial charge is 0.302 e. The number of rotatable bonds is 4. The van der Waals surface area contributed by atoms with Gasteiger partial charge in [-0.05, 0) is 47.3 Å². The van der Waals surface area contributed by atoms with Crippen LogP contribution in [0.3, 0.4) is 0 Å². The number of esters is 2. The molecule has 4 heteroatoms. The van der Waals surface area contributed by atoms with E-state index in [4.69, 9.17) is 9.47 Å². The minimum atomic E-state index is -0.192. The van der Waals surface area contributed by atoms with Crippen LogP contribution in [0.2, 0.25) is 0 Å². The summed E-state index contributed by atoms with van der Waals surface area (Å²) in [6.07, 6.45) is 0. The maximum atomic E-state index is 11.1. The van der Waals surface area contributed by atoms with Crippen molar-refractivity contribution in [1.82, 2.24) is 0 Å². The Bertz CT molecular complexity index is 449. The molecule has 0 aromatic rings. The van der Waals surface area contributed by atoms with E-state index in [9.17, 15) is 9.59 Å². The number of hydrogen-bond acceptors (Lipinski definition) is 4. The highest BCUT2D eigenvalue weighted by molar-refractivity contribution is 5.66. The van der Waals surface area contributed by atoms with Crippen molar-refractivity contribution < 1.29 is 19.1 Å². The Morgan fingerprint density at radius 3 is 1.25 bits per heavy atom. The SMILES string of the molecule is CC(=O)OC[C@H]1C2[C@H]3C4C5[C@@H]3C([C@H]5[C@H]42)[C@@H]1COC(C)=O. The molecule has 2 bridgehead atoms. The highest BCUT2D eigenvalue weighted by atomic mass is 16.5. The van der Waals surface area contributed by atoms with Crippen molar-refractivity contribution in [3.63, 3.8) is 0 Å². The van der Waals surface area contributed by atoms with E-state index < -0.39 is 0 Å². The van der Waals surface area contributed by atoms with Gasteiger partial charge in [-0.3, -0.25) is 9.59 Å². The zero-order chi connectivity index (χ0) is 13.8. The molecule has 6 saturated carbocycles. The van der Waals surface area contributed by atoms with Crippen LogP contribution in [-0.2, 0) is 19.1 Å². The summed E-state index contributed by atoms with van der Waals surface area (Å²) in [5, 5.41) is 0. The minimum absolute atomic E-state index is 0.192. The minimum Gasteiger partial charge on any atom is -0.466 e. The van der Waals surface area contributed by atoms with Crippen LogP contribution in [0.4, 0.5) is 0 Å². The van der Waals surface area contributed by atoms with E-state index in [1.807, 2.05) is 0 Å². The lowest BCUT2D eigenvalue weighted by Gasteiger charge is -2.95. The van der Waals surface area contributed by atoms with Crippen molar-refractivity contribution in [3.05, 3.63) is 0 Å². The third kappa shape index (κ3) is 1.02. The van der Waals surface area contributed by atoms with Gasteiger partial charge in [0.05, 0.1) is 13.2 Å². The molecule has 6 rings (SSSR count). The summed E-state index contributed by atoms with van der Waals surface area (Å²) in [6.45, 7) is 4.02. The zero-order valence-corrected chi connectivity index (χ0v) is 11.8. The van der Waals surface area contributed by atoms with Gasteiger partial charge < -0.3 is 9.47 Å². The first kappa shape index (κ1) is 11.6. The molecule has 0 aliphatic heterocycles. The lowest BCUT2D eigenvalue weighted by molar-refractivity contribution is -0.488. The van der Waals surface area contributed by atoms with E-state index in [0.29, 0.717) is 25.0 Å². The molecule has 6 aliphatic carbocycles. The Kier molecular flexibility index (Phi) is 1.97. The number of hydrogen-bond donors (Lipinski definition) is 0. The monoisotopic (exact) mass is 276 g/mol. The average molecular weight is 276 g/mol. The van der Waals surface area contributed by atoms with Gasteiger partial charge in [0.15, 0.2) is 0 Å². The van der Waals surface area contributed by atoms with Crippen LogP contribution in [0.1, 0.15) is 13.8 Å². The average Bonchev–Trinajstić information content (AvgIpc) is 2.35. The molecule has 108 valence electrons. The van der Waals surface area contributed by atoms with Crippen LogP contribution in [0.15, 0.2) is 0 Å². The number of carbonyl (C=O) groups excluding carboxylic acids is 2. The van der Waals surface area contributed by atoms with E-state index in [1.165, 1.54) is 13.8 Å². The third-order valence-corrected chi connectivity index (χ3v) is 7.39. The molecule has 0 radical (unpaired) electrons. The Labute approximate surface area is 118 Å². The van der Waals surface area contributed by atoms with Gasteiger partial charge in [-0.1, -0.05) is 0 Å². The van der Waals surface area contributed by atoms with Crippen LogP contribution >= 0.6 is 0 Å². The maximum absolute atomic E-state index is 11.1. The second-order valence-electron chi connectivity index (χ2n) is 7.55. The fourth-order valence-electron chi connectivity index (χ4n) is 7.16. The Hall–Kier alpha value is -1.06. The van der Waals surface area contributed by atoms with Crippen LogP contribution in [0.25, 0.3) is 0 Å². The topological polar surface area (TPSA) is 52.6 Å². The molecule has 0 N–H and O–H groups in total. The van der Waals surface area contributed by atoms with Gasteiger partial charge >= 0.3 is 11.9 Å². The molecule has 20 heavy (non-hydrogen) atoms. The van der Waals surface area contributed by atoms with Gasteiger partial charge in [0.1, 0.15) is 0 Å². The molecular weight excluding hydrogens is 256 g/mol. The summed E-state index contributed by atoms with van der Waals surface area (Å²) in [7, 11) is 0. The zero-order valence-electron chi connectivity index (χ0n) is 11.8. The molecule has 0 aromatic carbocycles. The van der Waals surface area contributed by atoms with Gasteiger partial charge in [-0.2, -0.15) is 0 Å². The van der Waals surface area contributed by atoms with Crippen molar-refractivity contribution in [2.24, 2.45) is 59.2 Å². The first-order valence-electron chi connectivity index (χ1n) is 7.88. The van der Waals surface area contributed by atoms with Crippen molar-refractivity contribution in [1.29, 1.82) is 0 Å². The van der Waals surface area contributed by atoms with Crippen molar-refractivity contribution >= 4 is 11.9 Å². The van der Waals surface area contributed by atoms with E-state index in [2.05, 4.69) is 0 Å². The van der Waals surface area contributed by atoms with E-state index >= 15 is 0 Å². The molecule has 10 atom stereocenters. The molecule has 0 aromatic heterocycles. The Balaban J connectivity index is 1.37. The van der Waals surface area contributed by atoms with Crippen LogP contribution in [-0.4, -0.2) is 25.2 Å². The highest BCUT2D eigenvalue weighted by Crippen LogP contribution is 2.93. The fourth-order valence-corrected chi connectivity index (χ4v) is 7.16. The lowest BCUT2D eigenvalue weighted by atomic mass is 9.09. The maximum Gasteiger partial charge on any atom is 0.302 e. The molecule has 0 amide bonds. The summed E-state index contributed by atoms with van der Waals surface area (Å²) in [5.74, 6) is 7.75. The lowest BCUT2D eigenvalue weighted by Crippen LogP contribution is -2.92. The largest absolute Gasteiger partial charge is 0.466 e. The first-order chi connectivity index (χ1) is 9.61. The number of carbonyl (C=O) groups is 2. The molecule has 6 aliphatic rings. The van der Waals surface area contributed by atoms with Crippen LogP contribution in [0.5, 0.6) is 0 Å². The number of ether oxygens (including phenoxy) is 2. The number of fused-ring (bicyclic) bond motifs is 1. The van der Waals surface area contributed by atoms with Gasteiger partial charge in [-0.15, -0.1) is 0 Å². The summed E-state index contributed by atoms with van der Waals surface area (Å²) in [6, 6.07) is 0. The molecule has 4 unspecified atom stereocenters. The van der Waals surface area contributed by atoms with Gasteiger partial charge in [0.25, 0.3) is 0 Å². The fraction of sp³-hybridized carbons (Fsp3) is 0.875. The summed E-state index contributed by atoms with van der Waals surface area (Å²) in [4.78, 5) is 22.3. The van der Waals surface area contributed by atoms with Crippen LogP contribution < -0.4 is 0 Å². The van der Waals surface area contributed by atoms with Gasteiger partial charge in [0, 0.05) is 25.7 Å². The summed E-state index contributed by atoms with van der Waals surface area (Å²) in [5.41, 5.74) is 0. The molecule has 0 heterocycles. The molecule has 0 spiro atoms. The summed E-state index contributed by atoms with van der Waals surface area (Å²) >= 11 is 0. The molecule has 6 fully saturated rings. The molecular formula is C16H20O4. The van der Waals surface area contributed by atoms with E-state index in [-0.39, 0.29) is 11.9 Å². The van der Waals surface area contributed by atoms with Crippen molar-refractivity contribution in [3.8, 4) is 0 Å². The second-order valence-corrected chi connectivity index (χ2v) is 7.55. The van der Waals surface area contributed by atoms with E-state index in [0.717, 1.165) is 47.3 Å². The predicted octanol–water partition coefficient (Wildman–Crippen LogP) is 1.34. The predicted molar refractivity (Wildman–Crippen MR) is 68.2 cm³/mol. The van der Waals surface area contributed by atoms with Crippen molar-refractivity contribution in [2.75, 3.05) is 13.2 Å². The quantitative estimate of drug-likeness (QED) is 0.727. The molecule has 0 saturated heterocycles. The normalized spacial score (nSPS) is 58.3. The molecule has 4 nitrogen and oxygen atoms in total. The van der Waals surface area contributed by atoms with Crippen molar-refractivity contribution in [2.45, 2.75) is 13.8 Å². The Morgan fingerprint density at radius 2 is 0.950 bits per heavy atom. The van der Waals surface area contributed by atoms with E-state index in [1.54, 1.807) is 0 Å². The van der Waals surface area contributed by atoms with Gasteiger partial charge in [0.2, 0.25) is 0 Å². The second kappa shape index (κ2) is 3.40. The standard InChI is InChI=1S/C16H20O4/c1-5(17)19-3-7-8(4-20-6(2)18)10-13-11-9(7)12-14(10)16(13)15(11)12/h7-16H,3-4H2,1-2H3/t7-,8-,9?,10?,11-,12-,13-,14+,15?,16?/m1/s1. The highest BCUT2D eigenvalue weighted by Gasteiger charge is 2.90. The first-order valence-corrected chi connectivity index (χ1v) is 7.88. The third-order valence-electron chi connectivity index (χ3n) is 7.39. The Morgan fingerprint density at radius 1 is 0.650 bits per heavy atom. The van der Waals surface area contributed by atoms with Crippen LogP contribution in [0, 0.1) is 59.2 Å². The van der Waals surface area contributed by atoms with Gasteiger partial charge in [-0.25, -0.2) is 0 Å².